The van der Waals surface area contributed by atoms with Crippen LogP contribution in [0.1, 0.15) is 46.5 Å². The lowest BCUT2D eigenvalue weighted by Gasteiger charge is -2.26. The average molecular weight is 300 g/mol. The predicted molar refractivity (Wildman–Crippen MR) is 88.0 cm³/mol. The third-order valence-electron chi connectivity index (χ3n) is 3.97. The summed E-state index contributed by atoms with van der Waals surface area (Å²) < 4.78 is 4.71. The number of rotatable bonds is 6. The van der Waals surface area contributed by atoms with Crippen molar-refractivity contribution in [3.8, 4) is 11.8 Å². The number of Topliss-reactive ketones (excluding diaryl/α,β-unsaturated/α-hetero) is 1. The molecule has 1 atom stereocenters. The van der Waals surface area contributed by atoms with Crippen LogP contribution < -0.4 is 0 Å². The summed E-state index contributed by atoms with van der Waals surface area (Å²) in [6.45, 7) is 9.81. The summed E-state index contributed by atoms with van der Waals surface area (Å²) in [5, 5.41) is 0. The molecule has 0 amide bonds. The van der Waals surface area contributed by atoms with E-state index >= 15 is 0 Å². The zero-order valence-electron chi connectivity index (χ0n) is 13.7. The topological polar surface area (TPSA) is 43.4 Å². The SMILES string of the molecule is C=C/C=C(/C)CC[C@]1(C)CCC=C1C(=O)C#CC(=O)OCC. The molecule has 118 valence electrons. The fourth-order valence-electron chi connectivity index (χ4n) is 2.64. The van der Waals surface area contributed by atoms with Crippen LogP contribution in [-0.4, -0.2) is 18.4 Å². The van der Waals surface area contributed by atoms with Gasteiger partial charge in [0.2, 0.25) is 5.78 Å². The first kappa shape index (κ1) is 18.0. The summed E-state index contributed by atoms with van der Waals surface area (Å²) in [5.74, 6) is 3.75. The fourth-order valence-corrected chi connectivity index (χ4v) is 2.64. The molecule has 0 aromatic carbocycles. The summed E-state index contributed by atoms with van der Waals surface area (Å²) in [6.07, 6.45) is 9.34. The molecule has 22 heavy (non-hydrogen) atoms. The highest BCUT2D eigenvalue weighted by molar-refractivity contribution is 6.12. The molecule has 1 aliphatic carbocycles. The van der Waals surface area contributed by atoms with Crippen LogP contribution in [0.3, 0.4) is 0 Å². The van der Waals surface area contributed by atoms with Crippen molar-refractivity contribution in [1.29, 1.82) is 0 Å². The van der Waals surface area contributed by atoms with E-state index in [1.54, 1.807) is 13.0 Å². The van der Waals surface area contributed by atoms with E-state index in [1.807, 2.05) is 12.2 Å². The van der Waals surface area contributed by atoms with Gasteiger partial charge in [-0.2, -0.15) is 0 Å². The molecule has 0 fully saturated rings. The van der Waals surface area contributed by atoms with Gasteiger partial charge >= 0.3 is 5.97 Å². The summed E-state index contributed by atoms with van der Waals surface area (Å²) in [6, 6.07) is 0. The summed E-state index contributed by atoms with van der Waals surface area (Å²) in [7, 11) is 0. The largest absolute Gasteiger partial charge is 0.456 e. The average Bonchev–Trinajstić information content (AvgIpc) is 2.86. The van der Waals surface area contributed by atoms with Crippen molar-refractivity contribution in [2.45, 2.75) is 46.5 Å². The van der Waals surface area contributed by atoms with Crippen molar-refractivity contribution in [1.82, 2.24) is 0 Å². The molecular formula is C19H24O3. The van der Waals surface area contributed by atoms with Crippen molar-refractivity contribution in [3.05, 3.63) is 36.0 Å². The zero-order valence-corrected chi connectivity index (χ0v) is 13.7. The van der Waals surface area contributed by atoms with E-state index in [-0.39, 0.29) is 17.8 Å². The molecule has 1 rings (SSSR count). The van der Waals surface area contributed by atoms with Gasteiger partial charge in [-0.1, -0.05) is 37.3 Å². The van der Waals surface area contributed by atoms with Crippen molar-refractivity contribution in [3.63, 3.8) is 0 Å². The van der Waals surface area contributed by atoms with E-state index in [0.717, 1.165) is 31.3 Å². The van der Waals surface area contributed by atoms with Gasteiger partial charge in [0, 0.05) is 11.5 Å². The first-order chi connectivity index (χ1) is 10.4. The lowest BCUT2D eigenvalue weighted by atomic mass is 9.77. The zero-order chi connectivity index (χ0) is 16.6. The van der Waals surface area contributed by atoms with Crippen molar-refractivity contribution >= 4 is 11.8 Å². The third-order valence-corrected chi connectivity index (χ3v) is 3.97. The van der Waals surface area contributed by atoms with Crippen LogP contribution in [0.5, 0.6) is 0 Å². The van der Waals surface area contributed by atoms with Gasteiger partial charge in [0.1, 0.15) is 0 Å². The molecule has 0 bridgehead atoms. The Kier molecular flexibility index (Phi) is 6.85. The highest BCUT2D eigenvalue weighted by atomic mass is 16.5. The molecule has 0 unspecified atom stereocenters. The Morgan fingerprint density at radius 2 is 2.18 bits per heavy atom. The Hall–Kier alpha value is -2.08. The molecule has 3 heteroatoms. The number of carbonyl (C=O) groups excluding carboxylic acids is 2. The Morgan fingerprint density at radius 1 is 1.45 bits per heavy atom. The van der Waals surface area contributed by atoms with Crippen molar-refractivity contribution in [2.75, 3.05) is 6.61 Å². The molecule has 0 saturated heterocycles. The first-order valence-electron chi connectivity index (χ1n) is 7.65. The van der Waals surface area contributed by atoms with Crippen LogP contribution in [0.25, 0.3) is 0 Å². The van der Waals surface area contributed by atoms with Gasteiger partial charge in [-0.15, -0.1) is 0 Å². The number of hydrogen-bond acceptors (Lipinski definition) is 3. The summed E-state index contributed by atoms with van der Waals surface area (Å²) in [5.41, 5.74) is 1.81. The summed E-state index contributed by atoms with van der Waals surface area (Å²) >= 11 is 0. The van der Waals surface area contributed by atoms with Gasteiger partial charge in [-0.05, 0) is 50.9 Å². The highest BCUT2D eigenvalue weighted by Crippen LogP contribution is 2.43. The van der Waals surface area contributed by atoms with Crippen LogP contribution in [0.4, 0.5) is 0 Å². The maximum absolute atomic E-state index is 12.3. The molecular weight excluding hydrogens is 276 g/mol. The number of hydrogen-bond donors (Lipinski definition) is 0. The quantitative estimate of drug-likeness (QED) is 0.247. The van der Waals surface area contributed by atoms with Gasteiger partial charge < -0.3 is 4.74 Å². The molecule has 0 aliphatic heterocycles. The number of ether oxygens (including phenoxy) is 1. The molecule has 0 spiro atoms. The van der Waals surface area contributed by atoms with Crippen LogP contribution in [0.2, 0.25) is 0 Å². The minimum atomic E-state index is -0.652. The van der Waals surface area contributed by atoms with Crippen molar-refractivity contribution < 1.29 is 14.3 Å². The van der Waals surface area contributed by atoms with E-state index in [2.05, 4.69) is 32.3 Å². The minimum Gasteiger partial charge on any atom is -0.456 e. The maximum Gasteiger partial charge on any atom is 0.384 e. The predicted octanol–water partition coefficient (Wildman–Crippen LogP) is 3.76. The third kappa shape index (κ3) is 5.04. The maximum atomic E-state index is 12.3. The fraction of sp³-hybridized carbons (Fsp3) is 0.474. The molecule has 0 aromatic heterocycles. The van der Waals surface area contributed by atoms with E-state index in [9.17, 15) is 9.59 Å². The number of esters is 1. The first-order valence-corrected chi connectivity index (χ1v) is 7.65. The van der Waals surface area contributed by atoms with E-state index in [4.69, 9.17) is 4.74 Å². The lowest BCUT2D eigenvalue weighted by molar-refractivity contribution is -0.136. The van der Waals surface area contributed by atoms with Crippen LogP contribution >= 0.6 is 0 Å². The van der Waals surface area contributed by atoms with Crippen molar-refractivity contribution in [2.24, 2.45) is 5.41 Å². The van der Waals surface area contributed by atoms with Gasteiger partial charge in [-0.3, -0.25) is 4.79 Å². The number of carbonyl (C=O) groups is 2. The van der Waals surface area contributed by atoms with Gasteiger partial charge in [0.15, 0.2) is 0 Å². The monoisotopic (exact) mass is 300 g/mol. The van der Waals surface area contributed by atoms with Crippen LogP contribution in [0.15, 0.2) is 36.0 Å². The molecule has 3 nitrogen and oxygen atoms in total. The smallest absolute Gasteiger partial charge is 0.384 e. The number of allylic oxidation sites excluding steroid dienone is 5. The molecule has 0 N–H and O–H groups in total. The Balaban J connectivity index is 2.76. The van der Waals surface area contributed by atoms with E-state index < -0.39 is 5.97 Å². The normalized spacial score (nSPS) is 20.7. The minimum absolute atomic E-state index is 0.170. The molecule has 0 radical (unpaired) electrons. The Morgan fingerprint density at radius 3 is 2.82 bits per heavy atom. The second-order valence-electron chi connectivity index (χ2n) is 5.77. The number of ketones is 1. The van der Waals surface area contributed by atoms with E-state index in [0.29, 0.717) is 0 Å². The lowest BCUT2D eigenvalue weighted by Crippen LogP contribution is -2.21. The van der Waals surface area contributed by atoms with Gasteiger partial charge in [-0.25, -0.2) is 4.79 Å². The summed E-state index contributed by atoms with van der Waals surface area (Å²) in [4.78, 5) is 23.5. The second-order valence-corrected chi connectivity index (χ2v) is 5.77. The second kappa shape index (κ2) is 8.38. The molecule has 0 saturated carbocycles. The Labute approximate surface area is 133 Å². The van der Waals surface area contributed by atoms with E-state index in [1.165, 1.54) is 5.57 Å². The van der Waals surface area contributed by atoms with Crippen LogP contribution in [0, 0.1) is 17.3 Å². The Bertz CT molecular complexity index is 569. The standard InChI is InChI=1S/C19H24O3/c1-5-8-15(3)12-14-19(4)13-7-9-16(19)17(20)10-11-18(21)22-6-2/h5,8-9H,1,6-7,12-14H2,2-4H3/b15-8-/t19-/m0/s1. The van der Waals surface area contributed by atoms with Gasteiger partial charge in [0.25, 0.3) is 0 Å². The van der Waals surface area contributed by atoms with Crippen LogP contribution in [-0.2, 0) is 14.3 Å². The molecule has 0 aromatic rings. The van der Waals surface area contributed by atoms with Gasteiger partial charge in [0.05, 0.1) is 6.61 Å². The highest BCUT2D eigenvalue weighted by Gasteiger charge is 2.35. The molecule has 0 heterocycles. The molecule has 1 aliphatic rings.